The van der Waals surface area contributed by atoms with Gasteiger partial charge in [-0.3, -0.25) is 0 Å². The van der Waals surface area contributed by atoms with Crippen LogP contribution in [0.25, 0.3) is 0 Å². The Labute approximate surface area is 218 Å². The lowest BCUT2D eigenvalue weighted by molar-refractivity contribution is -0.325. The number of carbonyl (C=O) groups is 1. The number of hydrogen-bond acceptors (Lipinski definition) is 12. The Balaban J connectivity index is 1.73. The van der Waals surface area contributed by atoms with Crippen molar-refractivity contribution in [3.63, 3.8) is 0 Å². The highest BCUT2D eigenvalue weighted by molar-refractivity contribution is 5.83. The molecule has 7 atom stereocenters. The van der Waals surface area contributed by atoms with Crippen LogP contribution in [0.15, 0.2) is 36.4 Å². The summed E-state index contributed by atoms with van der Waals surface area (Å²) < 4.78 is 27.6. The van der Waals surface area contributed by atoms with E-state index in [9.17, 15) is 35.4 Å². The van der Waals surface area contributed by atoms with Crippen molar-refractivity contribution in [3.8, 4) is 23.0 Å². The summed E-state index contributed by atoms with van der Waals surface area (Å²) in [7, 11) is 2.79. The van der Waals surface area contributed by atoms with Crippen molar-refractivity contribution in [1.82, 2.24) is 0 Å². The Morgan fingerprint density at radius 1 is 0.921 bits per heavy atom. The first-order valence-corrected chi connectivity index (χ1v) is 12.0. The number of ether oxygens (including phenoxy) is 5. The van der Waals surface area contributed by atoms with Gasteiger partial charge in [0.15, 0.2) is 34.9 Å². The van der Waals surface area contributed by atoms with E-state index in [0.717, 1.165) is 0 Å². The van der Waals surface area contributed by atoms with Crippen LogP contribution in [-0.2, 0) is 31.8 Å². The Morgan fingerprint density at radius 3 is 2.13 bits per heavy atom. The van der Waals surface area contributed by atoms with Gasteiger partial charge in [-0.15, -0.1) is 0 Å². The second kappa shape index (κ2) is 11.3. The molecule has 12 heteroatoms. The molecule has 0 saturated carbocycles. The summed E-state index contributed by atoms with van der Waals surface area (Å²) >= 11 is 0. The molecule has 2 aromatic carbocycles. The molecule has 2 aliphatic heterocycles. The van der Waals surface area contributed by atoms with Crippen molar-refractivity contribution in [2.75, 3.05) is 27.4 Å². The fourth-order valence-corrected chi connectivity index (χ4v) is 4.87. The van der Waals surface area contributed by atoms with Gasteiger partial charge in [-0.05, 0) is 41.8 Å². The van der Waals surface area contributed by atoms with E-state index in [0.29, 0.717) is 11.1 Å². The number of cyclic esters (lactones) is 1. The lowest BCUT2D eigenvalue weighted by atomic mass is 9.80. The van der Waals surface area contributed by atoms with Crippen LogP contribution in [0.4, 0.5) is 0 Å². The van der Waals surface area contributed by atoms with E-state index in [-0.39, 0.29) is 42.4 Å². The molecule has 208 valence electrons. The fourth-order valence-electron chi connectivity index (χ4n) is 4.87. The predicted molar refractivity (Wildman–Crippen MR) is 129 cm³/mol. The fraction of sp³-hybridized carbons (Fsp3) is 0.500. The zero-order chi connectivity index (χ0) is 27.6. The molecule has 0 aliphatic carbocycles. The number of rotatable bonds is 9. The Bertz CT molecular complexity index is 1140. The van der Waals surface area contributed by atoms with Gasteiger partial charge in [-0.2, -0.15) is 0 Å². The SMILES string of the molecule is COc1cc(C[C@H]2COC(=O)[C@@]2(Cc2ccc(O)c(OC)c2)O[C@@H]2O[C@H](CO)[C@@H](O)[C@H](O)[C@H]2O)ccc1O. The normalized spacial score (nSPS) is 31.2. The van der Waals surface area contributed by atoms with Gasteiger partial charge in [-0.25, -0.2) is 4.79 Å². The quantitative estimate of drug-likeness (QED) is 0.229. The van der Waals surface area contributed by atoms with Crippen molar-refractivity contribution < 1.29 is 59.1 Å². The molecular formula is C26H32O12. The minimum Gasteiger partial charge on any atom is -0.504 e. The topological polar surface area (TPSA) is 185 Å². The maximum Gasteiger partial charge on any atom is 0.339 e. The average molecular weight is 537 g/mol. The van der Waals surface area contributed by atoms with E-state index in [1.54, 1.807) is 18.2 Å². The minimum absolute atomic E-state index is 0.0602. The summed E-state index contributed by atoms with van der Waals surface area (Å²) in [5.74, 6) is -1.18. The predicted octanol–water partition coefficient (Wildman–Crippen LogP) is -0.371. The van der Waals surface area contributed by atoms with Crippen LogP contribution in [-0.4, -0.2) is 100 Å². The number of carbonyl (C=O) groups excluding carboxylic acids is 1. The number of phenols is 2. The summed E-state index contributed by atoms with van der Waals surface area (Å²) in [6.07, 6.45) is -7.81. The van der Waals surface area contributed by atoms with Crippen LogP contribution in [0.3, 0.4) is 0 Å². The van der Waals surface area contributed by atoms with Crippen LogP contribution in [0, 0.1) is 5.92 Å². The molecule has 0 bridgehead atoms. The van der Waals surface area contributed by atoms with Crippen molar-refractivity contribution in [1.29, 1.82) is 0 Å². The first-order valence-electron chi connectivity index (χ1n) is 12.0. The molecule has 38 heavy (non-hydrogen) atoms. The number of hydrogen-bond donors (Lipinski definition) is 6. The third-order valence-electron chi connectivity index (χ3n) is 7.03. The van der Waals surface area contributed by atoms with E-state index in [1.165, 1.54) is 32.4 Å². The lowest BCUT2D eigenvalue weighted by Gasteiger charge is -2.43. The van der Waals surface area contributed by atoms with Gasteiger partial charge in [0.05, 0.1) is 27.4 Å². The maximum absolute atomic E-state index is 13.4. The van der Waals surface area contributed by atoms with Crippen molar-refractivity contribution in [2.24, 2.45) is 5.92 Å². The average Bonchev–Trinajstić information content (AvgIpc) is 3.20. The zero-order valence-electron chi connectivity index (χ0n) is 20.9. The second-order valence-electron chi connectivity index (χ2n) is 9.39. The molecular weight excluding hydrogens is 504 g/mol. The molecule has 0 unspecified atom stereocenters. The Kier molecular flexibility index (Phi) is 8.31. The molecule has 4 rings (SSSR count). The number of aliphatic hydroxyl groups is 4. The van der Waals surface area contributed by atoms with E-state index in [2.05, 4.69) is 0 Å². The first kappa shape index (κ1) is 27.9. The van der Waals surface area contributed by atoms with Crippen LogP contribution >= 0.6 is 0 Å². The largest absolute Gasteiger partial charge is 0.504 e. The number of benzene rings is 2. The maximum atomic E-state index is 13.4. The summed E-state index contributed by atoms with van der Waals surface area (Å²) in [5.41, 5.74) is -0.551. The molecule has 2 fully saturated rings. The number of methoxy groups -OCH3 is 2. The number of aliphatic hydroxyl groups excluding tert-OH is 4. The van der Waals surface area contributed by atoms with Gasteiger partial charge in [0.1, 0.15) is 24.4 Å². The third kappa shape index (κ3) is 5.23. The highest BCUT2D eigenvalue weighted by atomic mass is 16.7. The van der Waals surface area contributed by atoms with Crippen LogP contribution < -0.4 is 9.47 Å². The Hall–Kier alpha value is -3.13. The molecule has 2 heterocycles. The zero-order valence-corrected chi connectivity index (χ0v) is 20.9. The van der Waals surface area contributed by atoms with Gasteiger partial charge < -0.3 is 54.3 Å². The molecule has 0 amide bonds. The standard InChI is InChI=1S/C26H32O12/c1-34-18-8-13(3-5-16(18)28)7-15-12-36-25(33)26(15,10-14-4-6-17(29)19(9-14)35-2)38-24-23(32)22(31)21(30)20(11-27)37-24/h3-6,8-9,15,20-24,27-32H,7,10-12H2,1-2H3/t15-,20+,21+,22-,23+,24-,26-/m0/s1. The highest BCUT2D eigenvalue weighted by Gasteiger charge is 2.57. The summed E-state index contributed by atoms with van der Waals surface area (Å²) in [5, 5.41) is 60.7. The third-order valence-corrected chi connectivity index (χ3v) is 7.03. The highest BCUT2D eigenvalue weighted by Crippen LogP contribution is 2.41. The van der Waals surface area contributed by atoms with Gasteiger partial charge >= 0.3 is 5.97 Å². The lowest BCUT2D eigenvalue weighted by Crippen LogP contribution is -2.62. The molecule has 2 aliphatic rings. The smallest absolute Gasteiger partial charge is 0.339 e. The van der Waals surface area contributed by atoms with E-state index >= 15 is 0 Å². The van der Waals surface area contributed by atoms with Crippen LogP contribution in [0.5, 0.6) is 23.0 Å². The van der Waals surface area contributed by atoms with E-state index in [1.807, 2.05) is 0 Å². The van der Waals surface area contributed by atoms with E-state index < -0.39 is 54.8 Å². The molecule has 0 aromatic heterocycles. The van der Waals surface area contributed by atoms with Gasteiger partial charge in [0.25, 0.3) is 0 Å². The second-order valence-corrected chi connectivity index (χ2v) is 9.39. The molecule has 2 saturated heterocycles. The van der Waals surface area contributed by atoms with Crippen LogP contribution in [0.1, 0.15) is 11.1 Å². The molecule has 6 N–H and O–H groups in total. The molecule has 12 nitrogen and oxygen atoms in total. The van der Waals surface area contributed by atoms with Crippen molar-refractivity contribution in [2.45, 2.75) is 49.1 Å². The molecule has 0 spiro atoms. The Morgan fingerprint density at radius 2 is 1.53 bits per heavy atom. The van der Waals surface area contributed by atoms with Gasteiger partial charge in [-0.1, -0.05) is 12.1 Å². The first-order chi connectivity index (χ1) is 18.1. The molecule has 0 radical (unpaired) electrons. The van der Waals surface area contributed by atoms with Crippen molar-refractivity contribution in [3.05, 3.63) is 47.5 Å². The minimum atomic E-state index is -1.76. The number of aromatic hydroxyl groups is 2. The molecule has 2 aromatic rings. The summed E-state index contributed by atoms with van der Waals surface area (Å²) in [6.45, 7) is -0.733. The summed E-state index contributed by atoms with van der Waals surface area (Å²) in [6, 6.07) is 9.22. The van der Waals surface area contributed by atoms with E-state index in [4.69, 9.17) is 23.7 Å². The monoisotopic (exact) mass is 536 g/mol. The van der Waals surface area contributed by atoms with Crippen molar-refractivity contribution >= 4 is 5.97 Å². The number of phenolic OH excluding ortho intramolecular Hbond substituents is 2. The summed E-state index contributed by atoms with van der Waals surface area (Å²) in [4.78, 5) is 13.4. The van der Waals surface area contributed by atoms with Gasteiger partial charge in [0.2, 0.25) is 0 Å². The van der Waals surface area contributed by atoms with Crippen LogP contribution in [0.2, 0.25) is 0 Å². The number of esters is 1. The van der Waals surface area contributed by atoms with Gasteiger partial charge in [0, 0.05) is 12.3 Å².